The van der Waals surface area contributed by atoms with Crippen LogP contribution in [-0.2, 0) is 16.4 Å². The van der Waals surface area contributed by atoms with Gasteiger partial charge in [0.25, 0.3) is 10.0 Å². The number of benzene rings is 5. The first-order chi connectivity index (χ1) is 23.3. The fraction of sp³-hybridized carbons (Fsp3) is 0.189. The second-order valence-electron chi connectivity index (χ2n) is 12.0. The van der Waals surface area contributed by atoms with E-state index in [2.05, 4.69) is 68.0 Å². The Bertz CT molecular complexity index is 2370. The lowest BCUT2D eigenvalue weighted by molar-refractivity contribution is 0.602. The number of imidazole rings is 1. The summed E-state index contributed by atoms with van der Waals surface area (Å²) in [6.07, 6.45) is 2.72. The molecule has 0 radical (unpaired) electrons. The Morgan fingerprint density at radius 1 is 0.896 bits per heavy atom. The molecule has 2 N–H and O–H groups in total. The van der Waals surface area contributed by atoms with E-state index in [0.717, 1.165) is 75.1 Å². The summed E-state index contributed by atoms with van der Waals surface area (Å²) >= 11 is 0. The number of hydrogen-bond acceptors (Lipinski definition) is 7. The molecule has 0 aliphatic carbocycles. The molecule has 0 atom stereocenters. The zero-order valence-electron chi connectivity index (χ0n) is 27.3. The number of anilines is 2. The lowest BCUT2D eigenvalue weighted by Crippen LogP contribution is -2.14. The maximum Gasteiger partial charge on any atom is 0.262 e. The smallest absolute Gasteiger partial charge is 0.262 e. The minimum absolute atomic E-state index is 0.220. The third kappa shape index (κ3) is 5.56. The van der Waals surface area contributed by atoms with Gasteiger partial charge < -0.3 is 4.90 Å². The Kier molecular flexibility index (Phi) is 8.14. The number of aromatic amines is 1. The number of H-pyrrole nitrogens is 1. The van der Waals surface area contributed by atoms with Crippen molar-refractivity contribution in [2.24, 2.45) is 0 Å². The van der Waals surface area contributed by atoms with Crippen molar-refractivity contribution < 1.29 is 8.42 Å². The van der Waals surface area contributed by atoms with E-state index in [4.69, 9.17) is 4.98 Å². The topological polar surface area (TPSA) is 122 Å². The number of nitrogens with one attached hydrogen (secondary N) is 2. The third-order valence-corrected chi connectivity index (χ3v) is 10.1. The van der Waals surface area contributed by atoms with E-state index < -0.39 is 10.0 Å². The highest BCUT2D eigenvalue weighted by Crippen LogP contribution is 2.38. The third-order valence-electron chi connectivity index (χ3n) is 8.69. The molecule has 0 saturated carbocycles. The number of rotatable bonds is 10. The van der Waals surface area contributed by atoms with E-state index in [1.807, 2.05) is 73.6 Å². The molecule has 0 fully saturated rings. The number of nitrogens with zero attached hydrogens (tertiary/aromatic N) is 6. The standard InChI is InChI=1S/C37H36N8O2S/c1-5-6-18-35-38-30-21-19-26(41-48(46,47)34-17-11-14-28-29(34)15-10-16-32(28)44(3)4)23-33(30)45(35)31-22-20-27(25-12-8-7-9-13-25)36(24(31)2)37-39-42-43-40-37/h7-17,19-23,41H,5-6,18H2,1-4H3,(H,39,40,42,43). The van der Waals surface area contributed by atoms with Crippen LogP contribution in [0.1, 0.15) is 31.2 Å². The number of aromatic nitrogens is 6. The number of hydrogen-bond donors (Lipinski definition) is 2. The van der Waals surface area contributed by atoms with Gasteiger partial charge in [-0.3, -0.25) is 9.29 Å². The van der Waals surface area contributed by atoms with E-state index in [9.17, 15) is 8.42 Å². The second-order valence-corrected chi connectivity index (χ2v) is 13.7. The zero-order valence-corrected chi connectivity index (χ0v) is 28.1. The van der Waals surface area contributed by atoms with Gasteiger partial charge in [0, 0.05) is 42.5 Å². The van der Waals surface area contributed by atoms with Crippen molar-refractivity contribution in [2.45, 2.75) is 38.0 Å². The zero-order chi connectivity index (χ0) is 33.4. The van der Waals surface area contributed by atoms with Crippen molar-refractivity contribution in [3.8, 4) is 28.2 Å². The molecule has 0 spiro atoms. The van der Waals surface area contributed by atoms with Crippen LogP contribution in [0.4, 0.5) is 11.4 Å². The molecule has 0 unspecified atom stereocenters. The van der Waals surface area contributed by atoms with Crippen LogP contribution in [0.25, 0.3) is 50.0 Å². The maximum atomic E-state index is 14.0. The Labute approximate surface area is 279 Å². The minimum Gasteiger partial charge on any atom is -0.377 e. The van der Waals surface area contributed by atoms with Gasteiger partial charge in [0.05, 0.1) is 27.3 Å². The van der Waals surface area contributed by atoms with Crippen LogP contribution in [0.2, 0.25) is 0 Å². The summed E-state index contributed by atoms with van der Waals surface area (Å²) in [6.45, 7) is 4.21. The average molecular weight is 657 g/mol. The van der Waals surface area contributed by atoms with Crippen LogP contribution >= 0.6 is 0 Å². The molecular weight excluding hydrogens is 621 g/mol. The van der Waals surface area contributed by atoms with Gasteiger partial charge in [-0.05, 0) is 71.6 Å². The van der Waals surface area contributed by atoms with Crippen molar-refractivity contribution in [3.63, 3.8) is 0 Å². The van der Waals surface area contributed by atoms with Gasteiger partial charge in [-0.2, -0.15) is 5.21 Å². The Morgan fingerprint density at radius 2 is 1.69 bits per heavy atom. The van der Waals surface area contributed by atoms with Crippen LogP contribution in [-0.4, -0.2) is 52.7 Å². The lowest BCUT2D eigenvalue weighted by Gasteiger charge is -2.18. The lowest BCUT2D eigenvalue weighted by atomic mass is 9.94. The molecule has 10 nitrogen and oxygen atoms in total. The molecule has 0 aliphatic heterocycles. The van der Waals surface area contributed by atoms with E-state index >= 15 is 0 Å². The average Bonchev–Trinajstić information content (AvgIpc) is 3.75. The van der Waals surface area contributed by atoms with E-state index in [-0.39, 0.29) is 4.90 Å². The first kappa shape index (κ1) is 31.1. The normalized spacial score (nSPS) is 11.8. The quantitative estimate of drug-likeness (QED) is 0.156. The Balaban J connectivity index is 1.37. The summed E-state index contributed by atoms with van der Waals surface area (Å²) in [7, 11) is -0.0461. The summed E-state index contributed by atoms with van der Waals surface area (Å²) in [4.78, 5) is 7.24. The molecule has 7 rings (SSSR count). The highest BCUT2D eigenvalue weighted by Gasteiger charge is 2.23. The molecule has 242 valence electrons. The molecule has 11 heteroatoms. The number of unbranched alkanes of at least 4 members (excludes halogenated alkanes) is 1. The fourth-order valence-corrected chi connectivity index (χ4v) is 7.69. The summed E-state index contributed by atoms with van der Waals surface area (Å²) in [5, 5.41) is 16.7. The molecule has 2 aromatic heterocycles. The van der Waals surface area contributed by atoms with E-state index in [0.29, 0.717) is 16.9 Å². The molecule has 0 saturated heterocycles. The maximum absolute atomic E-state index is 14.0. The molecule has 2 heterocycles. The fourth-order valence-electron chi connectivity index (χ4n) is 6.42. The van der Waals surface area contributed by atoms with Crippen molar-refractivity contribution in [2.75, 3.05) is 23.7 Å². The number of aryl methyl sites for hydroxylation is 1. The van der Waals surface area contributed by atoms with Gasteiger partial charge in [0.2, 0.25) is 5.82 Å². The summed E-state index contributed by atoms with van der Waals surface area (Å²) in [6, 6.07) is 30.9. The monoisotopic (exact) mass is 656 g/mol. The molecule has 48 heavy (non-hydrogen) atoms. The van der Waals surface area contributed by atoms with Gasteiger partial charge in [0.15, 0.2) is 0 Å². The molecular formula is C37H36N8O2S. The van der Waals surface area contributed by atoms with Crippen molar-refractivity contribution >= 4 is 43.2 Å². The van der Waals surface area contributed by atoms with Gasteiger partial charge in [0.1, 0.15) is 5.82 Å². The Morgan fingerprint density at radius 3 is 2.44 bits per heavy atom. The van der Waals surface area contributed by atoms with Gasteiger partial charge in [-0.1, -0.05) is 74.0 Å². The Hall–Kier alpha value is -5.55. The first-order valence-corrected chi connectivity index (χ1v) is 17.4. The first-order valence-electron chi connectivity index (χ1n) is 15.9. The van der Waals surface area contributed by atoms with Gasteiger partial charge in [-0.25, -0.2) is 13.4 Å². The number of fused-ring (bicyclic) bond motifs is 2. The van der Waals surface area contributed by atoms with Crippen molar-refractivity contribution in [1.29, 1.82) is 0 Å². The van der Waals surface area contributed by atoms with Crippen LogP contribution in [0.15, 0.2) is 102 Å². The molecule has 7 aromatic rings. The van der Waals surface area contributed by atoms with Crippen LogP contribution in [0.5, 0.6) is 0 Å². The largest absolute Gasteiger partial charge is 0.377 e. The van der Waals surface area contributed by atoms with E-state index in [1.165, 1.54) is 0 Å². The predicted octanol–water partition coefficient (Wildman–Crippen LogP) is 7.54. The van der Waals surface area contributed by atoms with E-state index in [1.54, 1.807) is 18.2 Å². The molecule has 0 bridgehead atoms. The molecule has 5 aromatic carbocycles. The highest BCUT2D eigenvalue weighted by molar-refractivity contribution is 7.93. The van der Waals surface area contributed by atoms with Crippen molar-refractivity contribution in [1.82, 2.24) is 30.2 Å². The second kappa shape index (κ2) is 12.6. The minimum atomic E-state index is -3.94. The van der Waals surface area contributed by atoms with Gasteiger partial charge in [-0.15, -0.1) is 10.2 Å². The summed E-state index contributed by atoms with van der Waals surface area (Å²) in [5.41, 5.74) is 7.71. The summed E-state index contributed by atoms with van der Waals surface area (Å²) in [5.74, 6) is 1.39. The predicted molar refractivity (Wildman–Crippen MR) is 192 cm³/mol. The highest BCUT2D eigenvalue weighted by atomic mass is 32.2. The summed E-state index contributed by atoms with van der Waals surface area (Å²) < 4.78 is 32.9. The van der Waals surface area contributed by atoms with Crippen LogP contribution in [0.3, 0.4) is 0 Å². The van der Waals surface area contributed by atoms with Crippen molar-refractivity contribution in [3.05, 3.63) is 108 Å². The molecule has 0 amide bonds. The van der Waals surface area contributed by atoms with Crippen LogP contribution in [0, 0.1) is 6.92 Å². The number of tetrazole rings is 1. The SMILES string of the molecule is CCCCc1nc2ccc(NS(=O)(=O)c3cccc4c(N(C)C)cccc34)cc2n1-c1ccc(-c2ccccc2)c(-c2nn[nH]n2)c1C. The molecule has 0 aliphatic rings. The van der Waals surface area contributed by atoms with Crippen LogP contribution < -0.4 is 9.62 Å². The number of sulfonamides is 1. The van der Waals surface area contributed by atoms with Gasteiger partial charge >= 0.3 is 0 Å².